The summed E-state index contributed by atoms with van der Waals surface area (Å²) in [6.07, 6.45) is 0.924. The van der Waals surface area contributed by atoms with E-state index in [4.69, 9.17) is 10.2 Å². The summed E-state index contributed by atoms with van der Waals surface area (Å²) in [6.45, 7) is 6.51. The first kappa shape index (κ1) is 10.8. The molecule has 0 saturated heterocycles. The summed E-state index contributed by atoms with van der Waals surface area (Å²) in [5, 5.41) is 0. The van der Waals surface area contributed by atoms with E-state index in [0.717, 1.165) is 16.9 Å². The molecule has 0 aliphatic rings. The molecule has 1 atom stereocenters. The molecule has 1 heterocycles. The van der Waals surface area contributed by atoms with Crippen LogP contribution < -0.4 is 5.73 Å². The van der Waals surface area contributed by atoms with Crippen molar-refractivity contribution in [2.75, 3.05) is 0 Å². The van der Waals surface area contributed by atoms with Crippen molar-refractivity contribution in [3.05, 3.63) is 22.6 Å². The molecule has 2 N–H and O–H groups in total. The molecule has 1 aromatic rings. The van der Waals surface area contributed by atoms with Crippen molar-refractivity contribution in [2.45, 2.75) is 33.2 Å². The predicted molar refractivity (Wildman–Crippen MR) is 57.4 cm³/mol. The molecule has 1 unspecified atom stereocenters. The molecule has 0 saturated carbocycles. The molecule has 0 radical (unpaired) electrons. The number of hydrogen-bond donors (Lipinski definition) is 1. The van der Waals surface area contributed by atoms with Gasteiger partial charge in [-0.2, -0.15) is 0 Å². The fourth-order valence-electron chi connectivity index (χ4n) is 1.29. The highest BCUT2D eigenvalue weighted by Crippen LogP contribution is 2.29. The van der Waals surface area contributed by atoms with Gasteiger partial charge in [0.1, 0.15) is 5.76 Å². The highest BCUT2D eigenvalue weighted by atomic mass is 79.9. The minimum absolute atomic E-state index is 0.00806. The van der Waals surface area contributed by atoms with Gasteiger partial charge in [0, 0.05) is 0 Å². The number of furan rings is 1. The molecule has 0 aromatic carbocycles. The van der Waals surface area contributed by atoms with E-state index < -0.39 is 0 Å². The van der Waals surface area contributed by atoms with E-state index in [-0.39, 0.29) is 11.5 Å². The maximum Gasteiger partial charge on any atom is 0.169 e. The van der Waals surface area contributed by atoms with E-state index in [0.29, 0.717) is 0 Å². The van der Waals surface area contributed by atoms with E-state index in [1.54, 1.807) is 0 Å². The van der Waals surface area contributed by atoms with Gasteiger partial charge in [0.2, 0.25) is 0 Å². The van der Waals surface area contributed by atoms with Crippen molar-refractivity contribution in [1.82, 2.24) is 0 Å². The van der Waals surface area contributed by atoms with Gasteiger partial charge in [0.05, 0.1) is 6.04 Å². The lowest BCUT2D eigenvalue weighted by atomic mass is 9.88. The van der Waals surface area contributed by atoms with Crippen molar-refractivity contribution in [2.24, 2.45) is 11.1 Å². The van der Waals surface area contributed by atoms with Gasteiger partial charge in [0.25, 0.3) is 0 Å². The molecule has 0 aliphatic heterocycles. The van der Waals surface area contributed by atoms with Crippen molar-refractivity contribution >= 4 is 15.9 Å². The average molecular weight is 246 g/mol. The number of rotatable bonds is 2. The lowest BCUT2D eigenvalue weighted by Crippen LogP contribution is -2.18. The van der Waals surface area contributed by atoms with Gasteiger partial charge in [-0.25, -0.2) is 0 Å². The fourth-order valence-corrected chi connectivity index (χ4v) is 1.61. The Morgan fingerprint density at radius 3 is 2.46 bits per heavy atom. The Bertz CT molecular complexity index is 275. The van der Waals surface area contributed by atoms with Crippen LogP contribution in [0.1, 0.15) is 39.0 Å². The van der Waals surface area contributed by atoms with Crippen LogP contribution in [0.15, 0.2) is 21.2 Å². The molecule has 74 valence electrons. The summed E-state index contributed by atoms with van der Waals surface area (Å²) in [5.74, 6) is 0.849. The molecule has 0 spiro atoms. The zero-order valence-electron chi connectivity index (χ0n) is 8.30. The van der Waals surface area contributed by atoms with Crippen molar-refractivity contribution in [1.29, 1.82) is 0 Å². The Labute approximate surface area is 87.6 Å². The van der Waals surface area contributed by atoms with E-state index in [1.807, 2.05) is 12.1 Å². The molecule has 2 nitrogen and oxygen atoms in total. The number of hydrogen-bond acceptors (Lipinski definition) is 2. The van der Waals surface area contributed by atoms with Gasteiger partial charge in [-0.05, 0) is 39.9 Å². The molecule has 0 fully saturated rings. The molecule has 0 bridgehead atoms. The van der Waals surface area contributed by atoms with Crippen LogP contribution >= 0.6 is 15.9 Å². The Morgan fingerprint density at radius 2 is 2.08 bits per heavy atom. The molecular formula is C10H16BrNO. The van der Waals surface area contributed by atoms with Crippen LogP contribution in [0, 0.1) is 5.41 Å². The molecule has 13 heavy (non-hydrogen) atoms. The standard InChI is InChI=1S/C10H16BrNO/c1-10(2,3)6-7(12)8-4-5-9(11)13-8/h4-5,7H,6,12H2,1-3H3. The van der Waals surface area contributed by atoms with Gasteiger partial charge in [0.15, 0.2) is 4.67 Å². The average Bonchev–Trinajstić information content (AvgIpc) is 2.31. The first-order chi connectivity index (χ1) is 5.88. The third kappa shape index (κ3) is 3.53. The summed E-state index contributed by atoms with van der Waals surface area (Å²) in [5.41, 5.74) is 6.21. The zero-order chi connectivity index (χ0) is 10.1. The quantitative estimate of drug-likeness (QED) is 0.867. The zero-order valence-corrected chi connectivity index (χ0v) is 9.89. The lowest BCUT2D eigenvalue weighted by molar-refractivity contribution is 0.314. The molecular weight excluding hydrogens is 230 g/mol. The third-order valence-corrected chi connectivity index (χ3v) is 2.22. The third-order valence-electron chi connectivity index (χ3n) is 1.79. The van der Waals surface area contributed by atoms with E-state index in [9.17, 15) is 0 Å². The van der Waals surface area contributed by atoms with Crippen molar-refractivity contribution in [3.8, 4) is 0 Å². The minimum Gasteiger partial charge on any atom is -0.453 e. The smallest absolute Gasteiger partial charge is 0.169 e. The van der Waals surface area contributed by atoms with Crippen LogP contribution in [0.3, 0.4) is 0 Å². The molecule has 1 rings (SSSR count). The number of nitrogens with two attached hydrogens (primary N) is 1. The molecule has 0 amide bonds. The normalized spacial score (nSPS) is 14.5. The van der Waals surface area contributed by atoms with Crippen LogP contribution in [0.2, 0.25) is 0 Å². The van der Waals surface area contributed by atoms with Gasteiger partial charge in [-0.3, -0.25) is 0 Å². The monoisotopic (exact) mass is 245 g/mol. The maximum absolute atomic E-state index is 5.98. The molecule has 3 heteroatoms. The number of halogens is 1. The van der Waals surface area contributed by atoms with E-state index in [2.05, 4.69) is 36.7 Å². The van der Waals surface area contributed by atoms with Crippen LogP contribution in [0.5, 0.6) is 0 Å². The first-order valence-corrected chi connectivity index (χ1v) is 5.18. The summed E-state index contributed by atoms with van der Waals surface area (Å²) < 4.78 is 6.13. The minimum atomic E-state index is -0.00806. The summed E-state index contributed by atoms with van der Waals surface area (Å²) in [4.78, 5) is 0. The summed E-state index contributed by atoms with van der Waals surface area (Å²) in [7, 11) is 0. The highest BCUT2D eigenvalue weighted by molar-refractivity contribution is 9.10. The maximum atomic E-state index is 5.98. The van der Waals surface area contributed by atoms with Crippen molar-refractivity contribution in [3.63, 3.8) is 0 Å². The Balaban J connectivity index is 2.64. The van der Waals surface area contributed by atoms with Crippen LogP contribution in [-0.4, -0.2) is 0 Å². The Morgan fingerprint density at radius 1 is 1.46 bits per heavy atom. The van der Waals surface area contributed by atoms with Crippen molar-refractivity contribution < 1.29 is 4.42 Å². The Hall–Kier alpha value is -0.280. The second-order valence-corrected chi connectivity index (χ2v) is 5.29. The van der Waals surface area contributed by atoms with Crippen LogP contribution in [-0.2, 0) is 0 Å². The second kappa shape index (κ2) is 3.84. The predicted octanol–water partition coefficient (Wildman–Crippen LogP) is 3.48. The van der Waals surface area contributed by atoms with E-state index >= 15 is 0 Å². The van der Waals surface area contributed by atoms with E-state index in [1.165, 1.54) is 0 Å². The lowest BCUT2D eigenvalue weighted by Gasteiger charge is -2.21. The van der Waals surface area contributed by atoms with Gasteiger partial charge in [-0.1, -0.05) is 20.8 Å². The SMILES string of the molecule is CC(C)(C)CC(N)c1ccc(Br)o1. The van der Waals surface area contributed by atoms with Crippen LogP contribution in [0.25, 0.3) is 0 Å². The fraction of sp³-hybridized carbons (Fsp3) is 0.600. The first-order valence-electron chi connectivity index (χ1n) is 4.39. The molecule has 1 aromatic heterocycles. The Kier molecular flexibility index (Phi) is 3.19. The highest BCUT2D eigenvalue weighted by Gasteiger charge is 2.19. The largest absolute Gasteiger partial charge is 0.453 e. The topological polar surface area (TPSA) is 39.2 Å². The summed E-state index contributed by atoms with van der Waals surface area (Å²) >= 11 is 3.26. The second-order valence-electron chi connectivity index (χ2n) is 4.51. The molecule has 0 aliphatic carbocycles. The summed E-state index contributed by atoms with van der Waals surface area (Å²) in [6, 6.07) is 3.78. The van der Waals surface area contributed by atoms with Gasteiger partial charge >= 0.3 is 0 Å². The van der Waals surface area contributed by atoms with Gasteiger partial charge < -0.3 is 10.2 Å². The van der Waals surface area contributed by atoms with Gasteiger partial charge in [-0.15, -0.1) is 0 Å². The van der Waals surface area contributed by atoms with Crippen LogP contribution in [0.4, 0.5) is 0 Å².